The summed E-state index contributed by atoms with van der Waals surface area (Å²) in [5.74, 6) is 0.929. The summed E-state index contributed by atoms with van der Waals surface area (Å²) in [5, 5.41) is 27.3. The second-order valence-corrected chi connectivity index (χ2v) is 8.50. The highest BCUT2D eigenvalue weighted by Crippen LogP contribution is 2.26. The van der Waals surface area contributed by atoms with Crippen molar-refractivity contribution in [3.05, 3.63) is 40.3 Å². The topological polar surface area (TPSA) is 85.6 Å². The first-order valence-electron chi connectivity index (χ1n) is 9.05. The molecule has 0 spiro atoms. The van der Waals surface area contributed by atoms with Gasteiger partial charge in [0.2, 0.25) is 0 Å². The fourth-order valence-corrected chi connectivity index (χ4v) is 3.87. The van der Waals surface area contributed by atoms with Gasteiger partial charge in [0, 0.05) is 17.8 Å². The van der Waals surface area contributed by atoms with Gasteiger partial charge in [0.25, 0.3) is 0 Å². The summed E-state index contributed by atoms with van der Waals surface area (Å²) in [6, 6.07) is 6.29. The zero-order chi connectivity index (χ0) is 19.2. The van der Waals surface area contributed by atoms with Crippen LogP contribution in [0.4, 0.5) is 0 Å². The molecule has 2 rings (SSSR count). The van der Waals surface area contributed by atoms with Crippen molar-refractivity contribution < 1.29 is 5.11 Å². The van der Waals surface area contributed by atoms with E-state index in [1.165, 1.54) is 0 Å². The third kappa shape index (κ3) is 6.47. The number of pyridine rings is 1. The van der Waals surface area contributed by atoms with E-state index >= 15 is 0 Å². The van der Waals surface area contributed by atoms with Crippen LogP contribution in [-0.4, -0.2) is 31.6 Å². The Morgan fingerprint density at radius 2 is 1.96 bits per heavy atom. The van der Waals surface area contributed by atoms with Crippen molar-refractivity contribution in [1.82, 2.24) is 15.2 Å². The summed E-state index contributed by atoms with van der Waals surface area (Å²) in [7, 11) is 0. The third-order valence-electron chi connectivity index (χ3n) is 4.14. The minimum absolute atomic E-state index is 0.585. The van der Waals surface area contributed by atoms with Gasteiger partial charge in [-0.3, -0.25) is 5.10 Å². The van der Waals surface area contributed by atoms with E-state index in [4.69, 9.17) is 4.98 Å². The van der Waals surface area contributed by atoms with Crippen LogP contribution in [-0.2, 0) is 6.42 Å². The zero-order valence-electron chi connectivity index (χ0n) is 16.1. The molecule has 2 N–H and O–H groups in total. The SMILES string of the molecule is Cc1cc(Cc2cc(C)c(C#N)c(SCCCCCC(C)(C)O)n2)n[nH]1. The molecule has 2 heterocycles. The van der Waals surface area contributed by atoms with Crippen LogP contribution in [0.15, 0.2) is 17.2 Å². The Hall–Kier alpha value is -1.84. The summed E-state index contributed by atoms with van der Waals surface area (Å²) in [4.78, 5) is 4.71. The summed E-state index contributed by atoms with van der Waals surface area (Å²) in [6.45, 7) is 7.64. The number of nitrogens with zero attached hydrogens (tertiary/aromatic N) is 3. The lowest BCUT2D eigenvalue weighted by Crippen LogP contribution is -2.17. The highest BCUT2D eigenvalue weighted by molar-refractivity contribution is 7.99. The normalized spacial score (nSPS) is 11.5. The van der Waals surface area contributed by atoms with Crippen molar-refractivity contribution in [1.29, 1.82) is 5.26 Å². The Bertz CT molecular complexity index is 771. The molecule has 0 aliphatic carbocycles. The molecule has 0 saturated carbocycles. The first-order valence-corrected chi connectivity index (χ1v) is 10.0. The van der Waals surface area contributed by atoms with Gasteiger partial charge in [-0.05, 0) is 64.0 Å². The molecule has 2 aromatic heterocycles. The molecule has 6 heteroatoms. The predicted octanol–water partition coefficient (Wildman–Crippen LogP) is 4.31. The lowest BCUT2D eigenvalue weighted by atomic mass is 10.0. The maximum absolute atomic E-state index is 9.75. The van der Waals surface area contributed by atoms with Crippen LogP contribution in [0.5, 0.6) is 0 Å². The Balaban J connectivity index is 1.96. The fourth-order valence-electron chi connectivity index (χ4n) is 2.80. The van der Waals surface area contributed by atoms with Gasteiger partial charge < -0.3 is 5.11 Å². The zero-order valence-corrected chi connectivity index (χ0v) is 16.9. The number of nitrogens with one attached hydrogen (secondary N) is 1. The molecule has 5 nitrogen and oxygen atoms in total. The average molecular weight is 373 g/mol. The van der Waals surface area contributed by atoms with E-state index in [1.54, 1.807) is 11.8 Å². The van der Waals surface area contributed by atoms with E-state index in [2.05, 4.69) is 16.3 Å². The van der Waals surface area contributed by atoms with Crippen molar-refractivity contribution in [3.63, 3.8) is 0 Å². The minimum atomic E-state index is -0.585. The van der Waals surface area contributed by atoms with E-state index in [9.17, 15) is 10.4 Å². The van der Waals surface area contributed by atoms with Gasteiger partial charge >= 0.3 is 0 Å². The molecule has 26 heavy (non-hydrogen) atoms. The summed E-state index contributed by atoms with van der Waals surface area (Å²) >= 11 is 1.65. The number of hydrogen-bond acceptors (Lipinski definition) is 5. The molecular formula is C20H28N4OS. The molecule has 140 valence electrons. The van der Waals surface area contributed by atoms with Gasteiger partial charge in [0.15, 0.2) is 0 Å². The molecule has 0 radical (unpaired) electrons. The molecule has 0 fully saturated rings. The number of thioether (sulfide) groups is 1. The first kappa shape index (κ1) is 20.5. The Labute approximate surface area is 160 Å². The molecular weight excluding hydrogens is 344 g/mol. The number of hydrogen-bond donors (Lipinski definition) is 2. The van der Waals surface area contributed by atoms with Crippen molar-refractivity contribution in [2.75, 3.05) is 5.75 Å². The van der Waals surface area contributed by atoms with Crippen LogP contribution in [0.2, 0.25) is 0 Å². The van der Waals surface area contributed by atoms with Crippen LogP contribution in [0.1, 0.15) is 67.7 Å². The van der Waals surface area contributed by atoms with Gasteiger partial charge in [0.05, 0.1) is 16.9 Å². The lowest BCUT2D eigenvalue weighted by Gasteiger charge is -2.16. The Kier molecular flexibility index (Phi) is 7.24. The van der Waals surface area contributed by atoms with E-state index < -0.39 is 5.60 Å². The maximum atomic E-state index is 9.75. The van der Waals surface area contributed by atoms with Crippen molar-refractivity contribution in [2.24, 2.45) is 0 Å². The Morgan fingerprint density at radius 1 is 1.19 bits per heavy atom. The second-order valence-electron chi connectivity index (χ2n) is 7.41. The third-order valence-corrected chi connectivity index (χ3v) is 5.20. The largest absolute Gasteiger partial charge is 0.390 e. The van der Waals surface area contributed by atoms with Gasteiger partial charge in [-0.1, -0.05) is 12.8 Å². The van der Waals surface area contributed by atoms with E-state index in [1.807, 2.05) is 39.8 Å². The summed E-state index contributed by atoms with van der Waals surface area (Å²) in [6.07, 6.45) is 4.62. The number of nitriles is 1. The van der Waals surface area contributed by atoms with Gasteiger partial charge in [0.1, 0.15) is 11.1 Å². The monoisotopic (exact) mass is 372 g/mol. The highest BCUT2D eigenvalue weighted by atomic mass is 32.2. The molecule has 2 aromatic rings. The molecule has 0 bridgehead atoms. The minimum Gasteiger partial charge on any atom is -0.390 e. The number of aryl methyl sites for hydroxylation is 2. The number of aromatic nitrogens is 3. The first-order chi connectivity index (χ1) is 12.3. The standard InChI is InChI=1S/C20H28N4OS/c1-14-10-16(12-17-11-15(2)23-24-17)22-19(18(14)13-21)26-9-7-5-6-8-20(3,4)25/h10-11,25H,5-9,12H2,1-4H3,(H,23,24). The van der Waals surface area contributed by atoms with Crippen molar-refractivity contribution in [2.45, 2.75) is 70.4 Å². The number of unbranched alkanes of at least 4 members (excludes halogenated alkanes) is 2. The summed E-state index contributed by atoms with van der Waals surface area (Å²) in [5.41, 5.74) is 3.99. The van der Waals surface area contributed by atoms with Gasteiger partial charge in [-0.15, -0.1) is 11.8 Å². The molecule has 0 aliphatic heterocycles. The van der Waals surface area contributed by atoms with E-state index in [0.717, 1.165) is 59.1 Å². The van der Waals surface area contributed by atoms with Crippen LogP contribution in [0.3, 0.4) is 0 Å². The van der Waals surface area contributed by atoms with Gasteiger partial charge in [-0.2, -0.15) is 10.4 Å². The highest BCUT2D eigenvalue weighted by Gasteiger charge is 2.13. The quantitative estimate of drug-likeness (QED) is 0.506. The molecule has 0 amide bonds. The van der Waals surface area contributed by atoms with Crippen LogP contribution in [0, 0.1) is 25.2 Å². The van der Waals surface area contributed by atoms with Gasteiger partial charge in [-0.25, -0.2) is 4.98 Å². The lowest BCUT2D eigenvalue weighted by molar-refractivity contribution is 0.0682. The maximum Gasteiger partial charge on any atom is 0.114 e. The fraction of sp³-hybridized carbons (Fsp3) is 0.550. The average Bonchev–Trinajstić information content (AvgIpc) is 2.94. The summed E-state index contributed by atoms with van der Waals surface area (Å²) < 4.78 is 0. The number of aliphatic hydroxyl groups is 1. The second kappa shape index (κ2) is 9.20. The molecule has 0 aromatic carbocycles. The van der Waals surface area contributed by atoms with E-state index in [0.29, 0.717) is 12.0 Å². The smallest absolute Gasteiger partial charge is 0.114 e. The van der Waals surface area contributed by atoms with Crippen LogP contribution < -0.4 is 0 Å². The molecule has 0 atom stereocenters. The predicted molar refractivity (Wildman–Crippen MR) is 105 cm³/mol. The van der Waals surface area contributed by atoms with Crippen molar-refractivity contribution >= 4 is 11.8 Å². The molecule has 0 unspecified atom stereocenters. The van der Waals surface area contributed by atoms with Crippen LogP contribution in [0.25, 0.3) is 0 Å². The van der Waals surface area contributed by atoms with E-state index in [-0.39, 0.29) is 0 Å². The molecule has 0 aliphatic rings. The van der Waals surface area contributed by atoms with Crippen molar-refractivity contribution in [3.8, 4) is 6.07 Å². The molecule has 0 saturated heterocycles. The number of aromatic amines is 1. The Morgan fingerprint density at radius 3 is 2.58 bits per heavy atom. The van der Waals surface area contributed by atoms with Crippen LogP contribution >= 0.6 is 11.8 Å². The number of H-pyrrole nitrogens is 1. The number of rotatable bonds is 9.